The summed E-state index contributed by atoms with van der Waals surface area (Å²) in [6.45, 7) is 8.27. The maximum absolute atomic E-state index is 6.12. The standard InChI is InChI=1S/C16H26N2O/c1-4-15(17)9-14-7-5-6-8-16(14)18-10-13(3)19-11-12(18)2/h5-8,12-13,15H,4,9-11,17H2,1-3H3. The number of anilines is 1. The van der Waals surface area contributed by atoms with Crippen LogP contribution >= 0.6 is 0 Å². The highest BCUT2D eigenvalue weighted by Gasteiger charge is 2.25. The van der Waals surface area contributed by atoms with Crippen LogP contribution in [-0.2, 0) is 11.2 Å². The first kappa shape index (κ1) is 14.4. The number of benzene rings is 1. The van der Waals surface area contributed by atoms with Crippen LogP contribution in [0.25, 0.3) is 0 Å². The van der Waals surface area contributed by atoms with Gasteiger partial charge >= 0.3 is 0 Å². The monoisotopic (exact) mass is 262 g/mol. The SMILES string of the molecule is CCC(N)Cc1ccccc1N1CC(C)OCC1C. The molecular weight excluding hydrogens is 236 g/mol. The molecule has 0 aromatic heterocycles. The van der Waals surface area contributed by atoms with E-state index in [1.807, 2.05) is 0 Å². The lowest BCUT2D eigenvalue weighted by Crippen LogP contribution is -2.47. The number of rotatable bonds is 4. The molecule has 1 aliphatic heterocycles. The lowest BCUT2D eigenvalue weighted by atomic mass is 10.0. The summed E-state index contributed by atoms with van der Waals surface area (Å²) < 4.78 is 5.72. The Morgan fingerprint density at radius 2 is 2.11 bits per heavy atom. The first-order valence-corrected chi connectivity index (χ1v) is 7.33. The predicted octanol–water partition coefficient (Wildman–Crippen LogP) is 2.58. The van der Waals surface area contributed by atoms with E-state index in [-0.39, 0.29) is 6.04 Å². The molecule has 3 atom stereocenters. The van der Waals surface area contributed by atoms with Gasteiger partial charge in [0.05, 0.1) is 12.7 Å². The molecule has 0 radical (unpaired) electrons. The third kappa shape index (κ3) is 3.48. The second-order valence-electron chi connectivity index (χ2n) is 5.65. The minimum absolute atomic E-state index is 0.245. The van der Waals surface area contributed by atoms with Crippen LogP contribution in [0.4, 0.5) is 5.69 Å². The first-order chi connectivity index (χ1) is 9.11. The summed E-state index contributed by atoms with van der Waals surface area (Å²) in [5, 5.41) is 0. The van der Waals surface area contributed by atoms with Gasteiger partial charge in [-0.2, -0.15) is 0 Å². The Bertz CT molecular complexity index is 407. The van der Waals surface area contributed by atoms with E-state index in [4.69, 9.17) is 10.5 Å². The van der Waals surface area contributed by atoms with E-state index in [1.165, 1.54) is 11.3 Å². The van der Waals surface area contributed by atoms with Gasteiger partial charge < -0.3 is 15.4 Å². The molecule has 1 heterocycles. The van der Waals surface area contributed by atoms with E-state index in [0.29, 0.717) is 12.1 Å². The zero-order valence-corrected chi connectivity index (χ0v) is 12.3. The zero-order chi connectivity index (χ0) is 13.8. The smallest absolute Gasteiger partial charge is 0.0723 e. The topological polar surface area (TPSA) is 38.5 Å². The van der Waals surface area contributed by atoms with E-state index < -0.39 is 0 Å². The number of hydrogen-bond acceptors (Lipinski definition) is 3. The van der Waals surface area contributed by atoms with Crippen molar-refractivity contribution in [1.29, 1.82) is 0 Å². The molecule has 0 bridgehead atoms. The fourth-order valence-electron chi connectivity index (χ4n) is 2.63. The lowest BCUT2D eigenvalue weighted by molar-refractivity contribution is 0.0343. The Hall–Kier alpha value is -1.06. The largest absolute Gasteiger partial charge is 0.375 e. The zero-order valence-electron chi connectivity index (χ0n) is 12.3. The first-order valence-electron chi connectivity index (χ1n) is 7.33. The highest BCUT2D eigenvalue weighted by molar-refractivity contribution is 5.55. The summed E-state index contributed by atoms with van der Waals surface area (Å²) in [5.41, 5.74) is 8.81. The molecule has 3 nitrogen and oxygen atoms in total. The van der Waals surface area contributed by atoms with Crippen LogP contribution in [0.3, 0.4) is 0 Å². The Morgan fingerprint density at radius 3 is 2.84 bits per heavy atom. The number of nitrogens with zero attached hydrogens (tertiary/aromatic N) is 1. The third-order valence-electron chi connectivity index (χ3n) is 3.92. The molecule has 1 saturated heterocycles. The van der Waals surface area contributed by atoms with E-state index in [2.05, 4.69) is 49.9 Å². The predicted molar refractivity (Wildman–Crippen MR) is 80.6 cm³/mol. The van der Waals surface area contributed by atoms with Gasteiger partial charge in [-0.25, -0.2) is 0 Å². The van der Waals surface area contributed by atoms with Gasteiger partial charge in [0, 0.05) is 24.3 Å². The van der Waals surface area contributed by atoms with Gasteiger partial charge in [0.2, 0.25) is 0 Å². The van der Waals surface area contributed by atoms with Crippen LogP contribution in [0.15, 0.2) is 24.3 Å². The molecule has 2 N–H and O–H groups in total. The Labute approximate surface area is 116 Å². The number of morpholine rings is 1. The van der Waals surface area contributed by atoms with Crippen LogP contribution < -0.4 is 10.6 Å². The fourth-order valence-corrected chi connectivity index (χ4v) is 2.63. The maximum Gasteiger partial charge on any atom is 0.0723 e. The molecule has 2 rings (SSSR count). The molecule has 106 valence electrons. The average Bonchev–Trinajstić information content (AvgIpc) is 2.42. The molecule has 0 aliphatic carbocycles. The molecule has 1 aromatic carbocycles. The van der Waals surface area contributed by atoms with Gasteiger partial charge in [-0.1, -0.05) is 25.1 Å². The summed E-state index contributed by atoms with van der Waals surface area (Å²) in [4.78, 5) is 2.46. The van der Waals surface area contributed by atoms with Crippen molar-refractivity contribution in [3.63, 3.8) is 0 Å². The second kappa shape index (κ2) is 6.40. The minimum Gasteiger partial charge on any atom is -0.375 e. The molecular formula is C16H26N2O. The van der Waals surface area contributed by atoms with Gasteiger partial charge in [-0.15, -0.1) is 0 Å². The highest BCUT2D eigenvalue weighted by Crippen LogP contribution is 2.26. The van der Waals surface area contributed by atoms with Crippen molar-refractivity contribution >= 4 is 5.69 Å². The van der Waals surface area contributed by atoms with Crippen molar-refractivity contribution in [3.8, 4) is 0 Å². The normalized spacial score (nSPS) is 25.4. The molecule has 0 spiro atoms. The van der Waals surface area contributed by atoms with Crippen molar-refractivity contribution in [3.05, 3.63) is 29.8 Å². The number of nitrogens with two attached hydrogens (primary N) is 1. The highest BCUT2D eigenvalue weighted by atomic mass is 16.5. The third-order valence-corrected chi connectivity index (χ3v) is 3.92. The van der Waals surface area contributed by atoms with Gasteiger partial charge in [0.25, 0.3) is 0 Å². The summed E-state index contributed by atoms with van der Waals surface area (Å²) in [6.07, 6.45) is 2.26. The summed E-state index contributed by atoms with van der Waals surface area (Å²) in [6, 6.07) is 9.31. The molecule has 19 heavy (non-hydrogen) atoms. The fraction of sp³-hybridized carbons (Fsp3) is 0.625. The molecule has 3 unspecified atom stereocenters. The van der Waals surface area contributed by atoms with Gasteiger partial charge in [-0.05, 0) is 38.3 Å². The molecule has 3 heteroatoms. The maximum atomic E-state index is 6.12. The Balaban J connectivity index is 2.22. The van der Waals surface area contributed by atoms with E-state index in [9.17, 15) is 0 Å². The van der Waals surface area contributed by atoms with Crippen molar-refractivity contribution in [1.82, 2.24) is 0 Å². The van der Waals surface area contributed by atoms with E-state index in [0.717, 1.165) is 26.0 Å². The van der Waals surface area contributed by atoms with Crippen molar-refractivity contribution in [2.24, 2.45) is 5.73 Å². The summed E-state index contributed by atoms with van der Waals surface area (Å²) >= 11 is 0. The van der Waals surface area contributed by atoms with Crippen LogP contribution in [0.1, 0.15) is 32.8 Å². The van der Waals surface area contributed by atoms with Gasteiger partial charge in [0.1, 0.15) is 0 Å². The van der Waals surface area contributed by atoms with Crippen LogP contribution in [-0.4, -0.2) is 31.3 Å². The van der Waals surface area contributed by atoms with E-state index in [1.54, 1.807) is 0 Å². The van der Waals surface area contributed by atoms with Gasteiger partial charge in [0.15, 0.2) is 0 Å². The lowest BCUT2D eigenvalue weighted by Gasteiger charge is -2.39. The Kier molecular flexibility index (Phi) is 4.83. The number of ether oxygens (including phenoxy) is 1. The molecule has 1 aromatic rings. The molecule has 1 fully saturated rings. The summed E-state index contributed by atoms with van der Waals surface area (Å²) in [5.74, 6) is 0. The van der Waals surface area contributed by atoms with Crippen LogP contribution in [0.5, 0.6) is 0 Å². The molecule has 1 aliphatic rings. The van der Waals surface area contributed by atoms with Crippen molar-refractivity contribution in [2.75, 3.05) is 18.1 Å². The van der Waals surface area contributed by atoms with Crippen molar-refractivity contribution in [2.45, 2.75) is 51.8 Å². The number of hydrogen-bond donors (Lipinski definition) is 1. The molecule has 0 amide bonds. The van der Waals surface area contributed by atoms with Crippen LogP contribution in [0, 0.1) is 0 Å². The minimum atomic E-state index is 0.245. The van der Waals surface area contributed by atoms with Crippen LogP contribution in [0.2, 0.25) is 0 Å². The van der Waals surface area contributed by atoms with E-state index >= 15 is 0 Å². The second-order valence-corrected chi connectivity index (χ2v) is 5.65. The van der Waals surface area contributed by atoms with Gasteiger partial charge in [-0.3, -0.25) is 0 Å². The quantitative estimate of drug-likeness (QED) is 0.906. The average molecular weight is 262 g/mol. The number of para-hydroxylation sites is 1. The Morgan fingerprint density at radius 1 is 1.37 bits per heavy atom. The molecule has 0 saturated carbocycles. The summed E-state index contributed by atoms with van der Waals surface area (Å²) in [7, 11) is 0. The van der Waals surface area contributed by atoms with Crippen molar-refractivity contribution < 1.29 is 4.74 Å².